The van der Waals surface area contributed by atoms with Gasteiger partial charge in [0.25, 0.3) is 0 Å². The Balaban J connectivity index is 3.46. The minimum absolute atomic E-state index is 0.0364. The van der Waals surface area contributed by atoms with Gasteiger partial charge in [0.1, 0.15) is 16.2 Å². The molecule has 0 atom stereocenters. The van der Waals surface area contributed by atoms with E-state index in [2.05, 4.69) is 0 Å². The number of esters is 2. The lowest BCUT2D eigenvalue weighted by molar-refractivity contribution is -0.375. The average Bonchev–Trinajstić information content (AvgIpc) is 2.48. The average molecular weight is 325 g/mol. The SMILES string of the molecule is CCOC(=O)C(C(=O)OCC)c1ccc(O)cc1C(=O)[N+](=O)[O-]. The molecule has 0 saturated heterocycles. The Morgan fingerprint density at radius 3 is 2.13 bits per heavy atom. The van der Waals surface area contributed by atoms with Crippen molar-refractivity contribution < 1.29 is 33.9 Å². The zero-order chi connectivity index (χ0) is 17.6. The van der Waals surface area contributed by atoms with Crippen molar-refractivity contribution in [2.24, 2.45) is 0 Å². The molecule has 9 nitrogen and oxygen atoms in total. The van der Waals surface area contributed by atoms with E-state index < -0.39 is 40.0 Å². The summed E-state index contributed by atoms with van der Waals surface area (Å²) in [5.74, 6) is -5.66. The van der Waals surface area contributed by atoms with E-state index in [4.69, 9.17) is 9.47 Å². The first kappa shape index (κ1) is 18.1. The highest BCUT2D eigenvalue weighted by Crippen LogP contribution is 2.27. The van der Waals surface area contributed by atoms with E-state index >= 15 is 0 Å². The quantitative estimate of drug-likeness (QED) is 0.354. The molecular weight excluding hydrogens is 310 g/mol. The third kappa shape index (κ3) is 4.25. The van der Waals surface area contributed by atoms with E-state index in [1.807, 2.05) is 0 Å². The lowest BCUT2D eigenvalue weighted by atomic mass is 9.93. The number of hydrogen-bond acceptors (Lipinski definition) is 8. The van der Waals surface area contributed by atoms with Gasteiger partial charge in [-0.2, -0.15) is 0 Å². The molecule has 1 rings (SSSR count). The summed E-state index contributed by atoms with van der Waals surface area (Å²) < 4.78 is 9.54. The maximum Gasteiger partial charge on any atom is 0.477 e. The van der Waals surface area contributed by atoms with Crippen molar-refractivity contribution in [1.82, 2.24) is 0 Å². The topological polar surface area (TPSA) is 133 Å². The molecule has 1 aromatic carbocycles. The third-order valence-corrected chi connectivity index (χ3v) is 2.79. The highest BCUT2D eigenvalue weighted by molar-refractivity contribution is 6.04. The molecule has 0 radical (unpaired) electrons. The molecule has 1 N–H and O–H groups in total. The van der Waals surface area contributed by atoms with Crippen LogP contribution in [0.15, 0.2) is 18.2 Å². The number of benzene rings is 1. The molecule has 9 heteroatoms. The number of rotatable bonds is 6. The summed E-state index contributed by atoms with van der Waals surface area (Å²) in [6, 6.07) is 2.98. The second-order valence-electron chi connectivity index (χ2n) is 4.27. The maximum absolute atomic E-state index is 12.0. The lowest BCUT2D eigenvalue weighted by Crippen LogP contribution is -2.28. The highest BCUT2D eigenvalue weighted by atomic mass is 16.6. The third-order valence-electron chi connectivity index (χ3n) is 2.79. The zero-order valence-electron chi connectivity index (χ0n) is 12.5. The Hall–Kier alpha value is -2.97. The standard InChI is InChI=1S/C14H15NO8/c1-3-22-13(18)11(14(19)23-4-2)9-6-5-8(16)7-10(9)12(17)15(20)21/h5-7,11,16H,3-4H2,1-2H3. The van der Waals surface area contributed by atoms with Gasteiger partial charge in [0.15, 0.2) is 5.92 Å². The van der Waals surface area contributed by atoms with E-state index in [-0.39, 0.29) is 18.8 Å². The van der Waals surface area contributed by atoms with E-state index in [0.29, 0.717) is 0 Å². The summed E-state index contributed by atoms with van der Waals surface area (Å²) in [5, 5.41) is 20.1. The molecule has 1 aromatic rings. The van der Waals surface area contributed by atoms with E-state index in [9.17, 15) is 29.6 Å². The minimum atomic E-state index is -1.66. The molecule has 0 unspecified atom stereocenters. The minimum Gasteiger partial charge on any atom is -0.508 e. The predicted molar refractivity (Wildman–Crippen MR) is 75.4 cm³/mol. The molecule has 0 spiro atoms. The Kier molecular flexibility index (Phi) is 6.19. The molecule has 1 amide bonds. The van der Waals surface area contributed by atoms with Crippen molar-refractivity contribution in [3.8, 4) is 5.75 Å². The predicted octanol–water partition coefficient (Wildman–Crippen LogP) is 1.02. The molecule has 0 heterocycles. The van der Waals surface area contributed by atoms with E-state index in [0.717, 1.165) is 18.2 Å². The van der Waals surface area contributed by atoms with Gasteiger partial charge in [-0.1, -0.05) is 6.07 Å². The van der Waals surface area contributed by atoms with Crippen molar-refractivity contribution in [3.05, 3.63) is 39.4 Å². The number of ether oxygens (including phenoxy) is 2. The number of nitrogens with zero attached hydrogens (tertiary/aromatic N) is 1. The Bertz CT molecular complexity index is 622. The van der Waals surface area contributed by atoms with Crippen LogP contribution in [0.25, 0.3) is 0 Å². The molecule has 0 aliphatic rings. The number of amides is 1. The number of phenolic OH excluding ortho intramolecular Hbond substituents is 1. The summed E-state index contributed by atoms with van der Waals surface area (Å²) >= 11 is 0. The fourth-order valence-electron chi connectivity index (χ4n) is 1.88. The number of aromatic hydroxyl groups is 1. The molecular formula is C14H15NO8. The first-order valence-electron chi connectivity index (χ1n) is 6.68. The summed E-state index contributed by atoms with van der Waals surface area (Å²) in [5.41, 5.74) is -0.845. The van der Waals surface area contributed by atoms with Crippen molar-refractivity contribution in [3.63, 3.8) is 0 Å². The zero-order valence-corrected chi connectivity index (χ0v) is 12.5. The van der Waals surface area contributed by atoms with Crippen LogP contribution in [0.2, 0.25) is 0 Å². The van der Waals surface area contributed by atoms with Crippen LogP contribution in [-0.4, -0.2) is 41.1 Å². The van der Waals surface area contributed by atoms with Gasteiger partial charge in [0.2, 0.25) is 0 Å². The molecule has 23 heavy (non-hydrogen) atoms. The van der Waals surface area contributed by atoms with E-state index in [1.165, 1.54) is 13.8 Å². The molecule has 0 fully saturated rings. The fourth-order valence-corrected chi connectivity index (χ4v) is 1.88. The van der Waals surface area contributed by atoms with Gasteiger partial charge < -0.3 is 14.6 Å². The van der Waals surface area contributed by atoms with Gasteiger partial charge in [-0.05, 0) is 31.5 Å². The number of hydrogen-bond donors (Lipinski definition) is 1. The van der Waals surface area contributed by atoms with Crippen LogP contribution in [-0.2, 0) is 19.1 Å². The fraction of sp³-hybridized carbons (Fsp3) is 0.357. The van der Waals surface area contributed by atoms with Gasteiger partial charge in [-0.3, -0.25) is 19.7 Å². The van der Waals surface area contributed by atoms with Gasteiger partial charge in [-0.15, -0.1) is 0 Å². The van der Waals surface area contributed by atoms with Crippen molar-refractivity contribution in [1.29, 1.82) is 0 Å². The van der Waals surface area contributed by atoms with Gasteiger partial charge in [0, 0.05) is 0 Å². The summed E-state index contributed by atoms with van der Waals surface area (Å²) in [4.78, 5) is 45.2. The summed E-state index contributed by atoms with van der Waals surface area (Å²) in [6.07, 6.45) is 0. The smallest absolute Gasteiger partial charge is 0.477 e. The van der Waals surface area contributed by atoms with Crippen LogP contribution < -0.4 is 0 Å². The largest absolute Gasteiger partial charge is 0.508 e. The second-order valence-corrected chi connectivity index (χ2v) is 4.27. The lowest BCUT2D eigenvalue weighted by Gasteiger charge is -2.16. The monoisotopic (exact) mass is 325 g/mol. The van der Waals surface area contributed by atoms with Crippen LogP contribution in [0, 0.1) is 10.1 Å². The molecule has 0 aliphatic carbocycles. The van der Waals surface area contributed by atoms with Crippen LogP contribution in [0.5, 0.6) is 5.75 Å². The first-order chi connectivity index (χ1) is 10.8. The normalized spacial score (nSPS) is 10.2. The number of nitro groups is 1. The van der Waals surface area contributed by atoms with Crippen LogP contribution in [0.4, 0.5) is 0 Å². The highest BCUT2D eigenvalue weighted by Gasteiger charge is 2.37. The van der Waals surface area contributed by atoms with Gasteiger partial charge >= 0.3 is 17.8 Å². The Labute approximate surface area is 131 Å². The molecule has 0 bridgehead atoms. The molecule has 0 aromatic heterocycles. The van der Waals surface area contributed by atoms with Crippen LogP contribution in [0.3, 0.4) is 0 Å². The molecule has 0 saturated carbocycles. The number of phenols is 1. The van der Waals surface area contributed by atoms with Crippen molar-refractivity contribution in [2.75, 3.05) is 13.2 Å². The Morgan fingerprint density at radius 2 is 1.70 bits per heavy atom. The van der Waals surface area contributed by atoms with Crippen molar-refractivity contribution in [2.45, 2.75) is 19.8 Å². The summed E-state index contributed by atoms with van der Waals surface area (Å²) in [7, 11) is 0. The number of carbonyl (C=O) groups is 3. The first-order valence-corrected chi connectivity index (χ1v) is 6.68. The maximum atomic E-state index is 12.0. The van der Waals surface area contributed by atoms with E-state index in [1.54, 1.807) is 0 Å². The van der Waals surface area contributed by atoms with Crippen LogP contribution >= 0.6 is 0 Å². The summed E-state index contributed by atoms with van der Waals surface area (Å²) in [6.45, 7) is 2.96. The van der Waals surface area contributed by atoms with Crippen molar-refractivity contribution >= 4 is 17.8 Å². The molecule has 0 aliphatic heterocycles. The van der Waals surface area contributed by atoms with Gasteiger partial charge in [-0.25, -0.2) is 4.79 Å². The van der Waals surface area contributed by atoms with Gasteiger partial charge in [0.05, 0.1) is 13.2 Å². The van der Waals surface area contributed by atoms with Crippen LogP contribution in [0.1, 0.15) is 35.7 Å². The molecule has 124 valence electrons. The second kappa shape index (κ2) is 7.87. The Morgan fingerprint density at radius 1 is 1.17 bits per heavy atom. The number of carbonyl (C=O) groups excluding carboxylic acids is 3.